The quantitative estimate of drug-likeness (QED) is 0.642. The first kappa shape index (κ1) is 9.75. The van der Waals surface area contributed by atoms with Crippen molar-refractivity contribution in [3.05, 3.63) is 12.7 Å². The van der Waals surface area contributed by atoms with Crippen LogP contribution in [0.3, 0.4) is 0 Å². The van der Waals surface area contributed by atoms with Gasteiger partial charge in [0.1, 0.15) is 0 Å². The van der Waals surface area contributed by atoms with E-state index in [9.17, 15) is 0 Å². The van der Waals surface area contributed by atoms with Gasteiger partial charge in [-0.15, -0.1) is 6.58 Å². The van der Waals surface area contributed by atoms with Gasteiger partial charge in [-0.25, -0.2) is 0 Å². The molecule has 0 aromatic heterocycles. The predicted octanol–water partition coefficient (Wildman–Crippen LogP) is 1.23. The van der Waals surface area contributed by atoms with Gasteiger partial charge < -0.3 is 5.73 Å². The third kappa shape index (κ3) is 2.95. The standard InChI is InChI=1S/C10H20N2/c1-2-6-12-7-4-3-5-10(8-11)9-12/h2,10H,1,3-9,11H2. The Bertz CT molecular complexity index is 134. The van der Waals surface area contributed by atoms with Crippen molar-refractivity contribution in [3.8, 4) is 0 Å². The fourth-order valence-corrected chi connectivity index (χ4v) is 1.86. The maximum atomic E-state index is 5.68. The van der Waals surface area contributed by atoms with Crippen molar-refractivity contribution >= 4 is 0 Å². The third-order valence-corrected chi connectivity index (χ3v) is 2.57. The molecule has 0 spiro atoms. The second kappa shape index (κ2) is 5.33. The molecule has 0 amide bonds. The molecule has 2 heteroatoms. The van der Waals surface area contributed by atoms with Crippen LogP contribution >= 0.6 is 0 Å². The lowest BCUT2D eigenvalue weighted by Gasteiger charge is -2.21. The largest absolute Gasteiger partial charge is 0.330 e. The highest BCUT2D eigenvalue weighted by molar-refractivity contribution is 4.78. The molecule has 1 aliphatic heterocycles. The van der Waals surface area contributed by atoms with Crippen molar-refractivity contribution in [1.29, 1.82) is 0 Å². The SMILES string of the molecule is C=CCN1CCCCC(CN)C1. The summed E-state index contributed by atoms with van der Waals surface area (Å²) in [4.78, 5) is 2.46. The monoisotopic (exact) mass is 168 g/mol. The summed E-state index contributed by atoms with van der Waals surface area (Å²) >= 11 is 0. The summed E-state index contributed by atoms with van der Waals surface area (Å²) in [6.07, 6.45) is 5.96. The van der Waals surface area contributed by atoms with Gasteiger partial charge in [-0.05, 0) is 31.8 Å². The van der Waals surface area contributed by atoms with Gasteiger partial charge >= 0.3 is 0 Å². The van der Waals surface area contributed by atoms with Crippen molar-refractivity contribution in [2.75, 3.05) is 26.2 Å². The fourth-order valence-electron chi connectivity index (χ4n) is 1.86. The molecule has 1 aliphatic rings. The number of likely N-dealkylation sites (tertiary alicyclic amines) is 1. The first-order valence-electron chi connectivity index (χ1n) is 4.90. The first-order chi connectivity index (χ1) is 5.86. The molecule has 70 valence electrons. The zero-order valence-electron chi connectivity index (χ0n) is 7.84. The Morgan fingerprint density at radius 2 is 2.33 bits per heavy atom. The molecule has 1 atom stereocenters. The molecule has 0 aromatic carbocycles. The molecular formula is C10H20N2. The summed E-state index contributed by atoms with van der Waals surface area (Å²) in [6, 6.07) is 0. The Kier molecular flexibility index (Phi) is 4.33. The van der Waals surface area contributed by atoms with Crippen LogP contribution < -0.4 is 5.73 Å². The molecule has 1 saturated heterocycles. The van der Waals surface area contributed by atoms with E-state index in [1.54, 1.807) is 0 Å². The van der Waals surface area contributed by atoms with Crippen LogP contribution in [0.25, 0.3) is 0 Å². The Balaban J connectivity index is 2.35. The first-order valence-corrected chi connectivity index (χ1v) is 4.90. The second-order valence-electron chi connectivity index (χ2n) is 3.65. The van der Waals surface area contributed by atoms with Crippen LogP contribution in [0, 0.1) is 5.92 Å². The van der Waals surface area contributed by atoms with Crippen LogP contribution in [0.2, 0.25) is 0 Å². The zero-order valence-corrected chi connectivity index (χ0v) is 7.84. The number of hydrogen-bond acceptors (Lipinski definition) is 2. The van der Waals surface area contributed by atoms with Gasteiger partial charge in [0.15, 0.2) is 0 Å². The number of rotatable bonds is 3. The molecule has 1 fully saturated rings. The Morgan fingerprint density at radius 3 is 3.00 bits per heavy atom. The third-order valence-electron chi connectivity index (χ3n) is 2.57. The molecule has 0 bridgehead atoms. The minimum absolute atomic E-state index is 0.715. The van der Waals surface area contributed by atoms with Crippen LogP contribution in [-0.4, -0.2) is 31.1 Å². The summed E-state index contributed by atoms with van der Waals surface area (Å²) in [7, 11) is 0. The van der Waals surface area contributed by atoms with E-state index < -0.39 is 0 Å². The molecule has 0 aliphatic carbocycles. The maximum Gasteiger partial charge on any atom is 0.0160 e. The number of nitrogens with two attached hydrogens (primary N) is 1. The minimum Gasteiger partial charge on any atom is -0.330 e. The number of nitrogens with zero attached hydrogens (tertiary/aromatic N) is 1. The number of hydrogen-bond donors (Lipinski definition) is 1. The molecule has 1 rings (SSSR count). The van der Waals surface area contributed by atoms with E-state index in [0.717, 1.165) is 13.1 Å². The Hall–Kier alpha value is -0.340. The van der Waals surface area contributed by atoms with Gasteiger partial charge in [-0.1, -0.05) is 12.5 Å². The predicted molar refractivity (Wildman–Crippen MR) is 53.0 cm³/mol. The van der Waals surface area contributed by atoms with Gasteiger partial charge in [0.25, 0.3) is 0 Å². The van der Waals surface area contributed by atoms with Crippen LogP contribution in [0.1, 0.15) is 19.3 Å². The topological polar surface area (TPSA) is 29.3 Å². The fraction of sp³-hybridized carbons (Fsp3) is 0.800. The molecular weight excluding hydrogens is 148 g/mol. The molecule has 0 saturated carbocycles. The molecule has 1 heterocycles. The summed E-state index contributed by atoms with van der Waals surface area (Å²) in [6.45, 7) is 8.02. The van der Waals surface area contributed by atoms with E-state index in [1.807, 2.05) is 6.08 Å². The molecule has 0 aromatic rings. The molecule has 2 nitrogen and oxygen atoms in total. The molecule has 2 N–H and O–H groups in total. The molecule has 12 heavy (non-hydrogen) atoms. The van der Waals surface area contributed by atoms with Crippen LogP contribution in [0.4, 0.5) is 0 Å². The Labute approximate surface area is 75.4 Å². The molecule has 0 radical (unpaired) electrons. The average Bonchev–Trinajstić information content (AvgIpc) is 2.30. The smallest absolute Gasteiger partial charge is 0.0160 e. The van der Waals surface area contributed by atoms with Gasteiger partial charge in [-0.3, -0.25) is 4.90 Å². The highest BCUT2D eigenvalue weighted by Gasteiger charge is 2.15. The van der Waals surface area contributed by atoms with Gasteiger partial charge in [0.05, 0.1) is 0 Å². The summed E-state index contributed by atoms with van der Waals surface area (Å²) in [5.74, 6) is 0.715. The van der Waals surface area contributed by atoms with E-state index in [-0.39, 0.29) is 0 Å². The van der Waals surface area contributed by atoms with E-state index >= 15 is 0 Å². The van der Waals surface area contributed by atoms with E-state index in [1.165, 1.54) is 32.4 Å². The van der Waals surface area contributed by atoms with Crippen LogP contribution in [-0.2, 0) is 0 Å². The van der Waals surface area contributed by atoms with Crippen molar-refractivity contribution in [2.24, 2.45) is 11.7 Å². The van der Waals surface area contributed by atoms with Crippen LogP contribution in [0.5, 0.6) is 0 Å². The van der Waals surface area contributed by atoms with E-state index in [2.05, 4.69) is 11.5 Å². The van der Waals surface area contributed by atoms with E-state index in [4.69, 9.17) is 5.73 Å². The highest BCUT2D eigenvalue weighted by Crippen LogP contribution is 2.14. The lowest BCUT2D eigenvalue weighted by Crippen LogP contribution is -2.31. The maximum absolute atomic E-state index is 5.68. The van der Waals surface area contributed by atoms with E-state index in [0.29, 0.717) is 5.92 Å². The average molecular weight is 168 g/mol. The Morgan fingerprint density at radius 1 is 1.50 bits per heavy atom. The van der Waals surface area contributed by atoms with Gasteiger partial charge in [0.2, 0.25) is 0 Å². The second-order valence-corrected chi connectivity index (χ2v) is 3.65. The lowest BCUT2D eigenvalue weighted by molar-refractivity contribution is 0.276. The summed E-state index contributed by atoms with van der Waals surface area (Å²) in [5, 5.41) is 0. The lowest BCUT2D eigenvalue weighted by atomic mass is 10.0. The normalized spacial score (nSPS) is 26.6. The molecule has 1 unspecified atom stereocenters. The van der Waals surface area contributed by atoms with Crippen LogP contribution in [0.15, 0.2) is 12.7 Å². The zero-order chi connectivity index (χ0) is 8.81. The minimum atomic E-state index is 0.715. The summed E-state index contributed by atoms with van der Waals surface area (Å²) in [5.41, 5.74) is 5.68. The van der Waals surface area contributed by atoms with Gasteiger partial charge in [-0.2, -0.15) is 0 Å². The van der Waals surface area contributed by atoms with Crippen molar-refractivity contribution in [1.82, 2.24) is 4.90 Å². The highest BCUT2D eigenvalue weighted by atomic mass is 15.1. The summed E-state index contributed by atoms with van der Waals surface area (Å²) < 4.78 is 0. The van der Waals surface area contributed by atoms with Crippen molar-refractivity contribution in [2.45, 2.75) is 19.3 Å². The van der Waals surface area contributed by atoms with Crippen molar-refractivity contribution < 1.29 is 0 Å². The van der Waals surface area contributed by atoms with Gasteiger partial charge in [0, 0.05) is 13.1 Å². The van der Waals surface area contributed by atoms with Crippen molar-refractivity contribution in [3.63, 3.8) is 0 Å².